The Labute approximate surface area is 95.0 Å². The van der Waals surface area contributed by atoms with Gasteiger partial charge in [0.05, 0.1) is 18.8 Å². The van der Waals surface area contributed by atoms with Gasteiger partial charge in [-0.05, 0) is 11.1 Å². The lowest BCUT2D eigenvalue weighted by atomic mass is 10.1. The predicted molar refractivity (Wildman–Crippen MR) is 60.0 cm³/mol. The van der Waals surface area contributed by atoms with E-state index in [2.05, 4.69) is 0 Å². The molecule has 0 bridgehead atoms. The van der Waals surface area contributed by atoms with Crippen molar-refractivity contribution in [1.29, 1.82) is 0 Å². The third-order valence-electron chi connectivity index (χ3n) is 2.64. The minimum Gasteiger partial charge on any atom is -0.373 e. The highest BCUT2D eigenvalue weighted by Gasteiger charge is 2.29. The number of hydrogen-bond acceptors (Lipinski definition) is 2. The van der Waals surface area contributed by atoms with Gasteiger partial charge in [0.25, 0.3) is 0 Å². The molecule has 0 spiro atoms. The maximum absolute atomic E-state index is 11.9. The Balaban J connectivity index is 0.00000112. The summed E-state index contributed by atoms with van der Waals surface area (Å²) < 4.78 is 17.3. The molecule has 0 fully saturated rings. The first-order valence-electron chi connectivity index (χ1n) is 4.84. The molecule has 84 valence electrons. The molecule has 1 aliphatic rings. The first-order valence-corrected chi connectivity index (χ1v) is 4.84. The largest absolute Gasteiger partial charge is 0.373 e. The van der Waals surface area contributed by atoms with Crippen LogP contribution in [0, 0.1) is 0 Å². The van der Waals surface area contributed by atoms with Crippen LogP contribution < -0.4 is 5.73 Å². The van der Waals surface area contributed by atoms with Gasteiger partial charge in [0.15, 0.2) is 0 Å². The van der Waals surface area contributed by atoms with E-state index in [4.69, 9.17) is 10.5 Å². The van der Waals surface area contributed by atoms with E-state index in [1.807, 2.05) is 24.3 Å². The summed E-state index contributed by atoms with van der Waals surface area (Å²) in [6.45, 7) is -0.300. The number of hydrogen-bond donors (Lipinski definition) is 1. The number of ether oxygens (including phenoxy) is 1. The van der Waals surface area contributed by atoms with Crippen molar-refractivity contribution in [3.8, 4) is 0 Å². The van der Waals surface area contributed by atoms with Gasteiger partial charge >= 0.3 is 0 Å². The van der Waals surface area contributed by atoms with Gasteiger partial charge in [0, 0.05) is 6.42 Å². The molecule has 0 aliphatic heterocycles. The van der Waals surface area contributed by atoms with Crippen molar-refractivity contribution in [2.24, 2.45) is 5.73 Å². The van der Waals surface area contributed by atoms with Gasteiger partial charge in [-0.25, -0.2) is 4.39 Å². The summed E-state index contributed by atoms with van der Waals surface area (Å²) in [4.78, 5) is 0. The van der Waals surface area contributed by atoms with Crippen LogP contribution in [0.25, 0.3) is 0 Å². The van der Waals surface area contributed by atoms with Crippen LogP contribution in [-0.4, -0.2) is 19.4 Å². The third-order valence-corrected chi connectivity index (χ3v) is 2.64. The second-order valence-electron chi connectivity index (χ2n) is 3.53. The van der Waals surface area contributed by atoms with Crippen molar-refractivity contribution in [3.63, 3.8) is 0 Å². The van der Waals surface area contributed by atoms with Crippen LogP contribution in [0.3, 0.4) is 0 Å². The summed E-state index contributed by atoms with van der Waals surface area (Å²) in [5, 5.41) is 0. The Bertz CT molecular complexity index is 321. The van der Waals surface area contributed by atoms with E-state index in [1.165, 1.54) is 5.56 Å². The zero-order valence-corrected chi connectivity index (χ0v) is 9.17. The van der Waals surface area contributed by atoms with Crippen molar-refractivity contribution in [3.05, 3.63) is 35.4 Å². The highest BCUT2D eigenvalue weighted by molar-refractivity contribution is 5.85. The summed E-state index contributed by atoms with van der Waals surface area (Å²) in [7, 11) is 0. The SMILES string of the molecule is Cl.N[C@H]1c2ccccc2C[C@H]1OCCF. The molecule has 2 N–H and O–H groups in total. The van der Waals surface area contributed by atoms with E-state index in [1.54, 1.807) is 0 Å². The van der Waals surface area contributed by atoms with Gasteiger partial charge in [0.2, 0.25) is 0 Å². The first kappa shape index (κ1) is 12.4. The third kappa shape index (κ3) is 2.48. The van der Waals surface area contributed by atoms with Crippen LogP contribution >= 0.6 is 12.4 Å². The minimum absolute atomic E-state index is 0. The fourth-order valence-corrected chi connectivity index (χ4v) is 1.95. The second-order valence-corrected chi connectivity index (χ2v) is 3.53. The monoisotopic (exact) mass is 231 g/mol. The van der Waals surface area contributed by atoms with E-state index < -0.39 is 6.67 Å². The van der Waals surface area contributed by atoms with Crippen molar-refractivity contribution >= 4 is 12.4 Å². The van der Waals surface area contributed by atoms with Gasteiger partial charge in [-0.15, -0.1) is 12.4 Å². The zero-order chi connectivity index (χ0) is 9.97. The summed E-state index contributed by atoms with van der Waals surface area (Å²) in [5.74, 6) is 0. The van der Waals surface area contributed by atoms with Gasteiger partial charge in [-0.2, -0.15) is 0 Å². The maximum atomic E-state index is 11.9. The van der Waals surface area contributed by atoms with Crippen molar-refractivity contribution in [1.82, 2.24) is 0 Å². The molecule has 0 unspecified atom stereocenters. The number of nitrogens with two attached hydrogens (primary N) is 1. The fourth-order valence-electron chi connectivity index (χ4n) is 1.95. The predicted octanol–water partition coefficient (Wildman–Crippen LogP) is 2.02. The molecule has 1 aliphatic carbocycles. The average molecular weight is 232 g/mol. The zero-order valence-electron chi connectivity index (χ0n) is 8.36. The Morgan fingerprint density at radius 1 is 1.40 bits per heavy atom. The summed E-state index contributed by atoms with van der Waals surface area (Å²) in [6, 6.07) is 7.92. The molecule has 0 saturated carbocycles. The molecule has 0 heterocycles. The molecule has 0 radical (unpaired) electrons. The summed E-state index contributed by atoms with van der Waals surface area (Å²) in [5.41, 5.74) is 8.35. The number of rotatable bonds is 3. The Morgan fingerprint density at radius 2 is 2.13 bits per heavy atom. The van der Waals surface area contributed by atoms with Crippen LogP contribution in [0.4, 0.5) is 4.39 Å². The van der Waals surface area contributed by atoms with Crippen molar-refractivity contribution in [2.45, 2.75) is 18.6 Å². The number of alkyl halides is 1. The van der Waals surface area contributed by atoms with Gasteiger partial charge < -0.3 is 10.5 Å². The van der Waals surface area contributed by atoms with Crippen LogP contribution in [0.5, 0.6) is 0 Å². The van der Waals surface area contributed by atoms with Crippen molar-refractivity contribution < 1.29 is 9.13 Å². The van der Waals surface area contributed by atoms with E-state index in [9.17, 15) is 4.39 Å². The quantitative estimate of drug-likeness (QED) is 0.864. The molecule has 2 rings (SSSR count). The van der Waals surface area contributed by atoms with Crippen molar-refractivity contribution in [2.75, 3.05) is 13.3 Å². The Hall–Kier alpha value is -0.640. The second kappa shape index (κ2) is 5.45. The highest BCUT2D eigenvalue weighted by atomic mass is 35.5. The van der Waals surface area contributed by atoms with Gasteiger partial charge in [-0.1, -0.05) is 24.3 Å². The lowest BCUT2D eigenvalue weighted by molar-refractivity contribution is 0.0354. The maximum Gasteiger partial charge on any atom is 0.113 e. The van der Waals surface area contributed by atoms with Crippen LogP contribution in [0.2, 0.25) is 0 Å². The van der Waals surface area contributed by atoms with Gasteiger partial charge in [-0.3, -0.25) is 0 Å². The number of fused-ring (bicyclic) bond motifs is 1. The first-order chi connectivity index (χ1) is 6.83. The topological polar surface area (TPSA) is 35.2 Å². The Kier molecular flexibility index (Phi) is 4.51. The molecule has 15 heavy (non-hydrogen) atoms. The summed E-state index contributed by atoms with van der Waals surface area (Å²) in [6.07, 6.45) is 0.750. The fraction of sp³-hybridized carbons (Fsp3) is 0.455. The number of halogens is 2. The smallest absolute Gasteiger partial charge is 0.113 e. The molecule has 0 amide bonds. The summed E-state index contributed by atoms with van der Waals surface area (Å²) >= 11 is 0. The molecule has 0 saturated heterocycles. The average Bonchev–Trinajstić information content (AvgIpc) is 2.54. The van der Waals surface area contributed by atoms with E-state index in [0.717, 1.165) is 12.0 Å². The molecule has 1 aromatic rings. The highest BCUT2D eigenvalue weighted by Crippen LogP contribution is 2.31. The minimum atomic E-state index is -0.445. The molecule has 2 atom stereocenters. The van der Waals surface area contributed by atoms with Gasteiger partial charge in [0.1, 0.15) is 6.67 Å². The van der Waals surface area contributed by atoms with E-state index >= 15 is 0 Å². The Morgan fingerprint density at radius 3 is 2.80 bits per heavy atom. The lowest BCUT2D eigenvalue weighted by Crippen LogP contribution is -2.25. The molecular formula is C11H15ClFNO. The molecule has 1 aromatic carbocycles. The van der Waals surface area contributed by atoms with E-state index in [-0.39, 0.29) is 31.2 Å². The lowest BCUT2D eigenvalue weighted by Gasteiger charge is -2.15. The molecule has 2 nitrogen and oxygen atoms in total. The molecular weight excluding hydrogens is 217 g/mol. The van der Waals surface area contributed by atoms with Crippen LogP contribution in [0.1, 0.15) is 17.2 Å². The molecule has 4 heteroatoms. The molecule has 0 aromatic heterocycles. The van der Waals surface area contributed by atoms with Crippen LogP contribution in [0.15, 0.2) is 24.3 Å². The standard InChI is InChI=1S/C11H14FNO.ClH/c12-5-6-14-10-7-8-3-1-2-4-9(8)11(10)13;/h1-4,10-11H,5-7,13H2;1H/t10-,11+;/m1./s1. The van der Waals surface area contributed by atoms with E-state index in [0.29, 0.717) is 0 Å². The number of benzene rings is 1. The normalized spacial score (nSPS) is 23.3. The van der Waals surface area contributed by atoms with Crippen LogP contribution in [-0.2, 0) is 11.2 Å².